The van der Waals surface area contributed by atoms with E-state index in [0.29, 0.717) is 30.0 Å². The van der Waals surface area contributed by atoms with E-state index in [-0.39, 0.29) is 17.3 Å². The van der Waals surface area contributed by atoms with E-state index in [9.17, 15) is 13.2 Å². The Morgan fingerprint density at radius 3 is 2.43 bits per heavy atom. The molecule has 0 spiro atoms. The molecule has 0 aliphatic carbocycles. The molecular formula is C20H28N4O3S. The van der Waals surface area contributed by atoms with Crippen molar-refractivity contribution in [2.45, 2.75) is 51.0 Å². The molecule has 3 heterocycles. The van der Waals surface area contributed by atoms with E-state index >= 15 is 0 Å². The van der Waals surface area contributed by atoms with E-state index in [2.05, 4.69) is 9.71 Å². The summed E-state index contributed by atoms with van der Waals surface area (Å²) < 4.78 is 30.7. The van der Waals surface area contributed by atoms with Gasteiger partial charge in [0.25, 0.3) is 5.91 Å². The SMILES string of the molecule is Cc1c(C(=O)N2CCCCCC2)c(S(=O)(=O)NCc2cccnc2)c(C)n1C. The number of rotatable bonds is 5. The summed E-state index contributed by atoms with van der Waals surface area (Å²) in [7, 11) is -2.06. The number of likely N-dealkylation sites (tertiary alicyclic amines) is 1. The largest absolute Gasteiger partial charge is 0.350 e. The molecule has 0 radical (unpaired) electrons. The van der Waals surface area contributed by atoms with Gasteiger partial charge < -0.3 is 9.47 Å². The fourth-order valence-corrected chi connectivity index (χ4v) is 5.21. The minimum absolute atomic E-state index is 0.0886. The molecule has 1 saturated heterocycles. The van der Waals surface area contributed by atoms with Crippen LogP contribution >= 0.6 is 0 Å². The zero-order valence-electron chi connectivity index (χ0n) is 16.7. The average molecular weight is 405 g/mol. The van der Waals surface area contributed by atoms with Crippen molar-refractivity contribution in [3.63, 3.8) is 0 Å². The van der Waals surface area contributed by atoms with E-state index in [4.69, 9.17) is 0 Å². The molecule has 1 aliphatic rings. The molecule has 0 bridgehead atoms. The van der Waals surface area contributed by atoms with Gasteiger partial charge in [0.15, 0.2) is 0 Å². The van der Waals surface area contributed by atoms with Gasteiger partial charge in [-0.3, -0.25) is 9.78 Å². The summed E-state index contributed by atoms with van der Waals surface area (Å²) in [5.41, 5.74) is 2.29. The van der Waals surface area contributed by atoms with Crippen LogP contribution in [-0.2, 0) is 23.6 Å². The van der Waals surface area contributed by atoms with Crippen LogP contribution in [0.2, 0.25) is 0 Å². The van der Waals surface area contributed by atoms with Crippen molar-refractivity contribution >= 4 is 15.9 Å². The molecule has 0 aromatic carbocycles. The van der Waals surface area contributed by atoms with Crippen LogP contribution in [-0.4, -0.2) is 41.9 Å². The van der Waals surface area contributed by atoms with E-state index < -0.39 is 10.0 Å². The number of nitrogens with zero attached hydrogens (tertiary/aromatic N) is 3. The van der Waals surface area contributed by atoms with Gasteiger partial charge in [0.1, 0.15) is 4.90 Å². The highest BCUT2D eigenvalue weighted by Crippen LogP contribution is 2.28. The van der Waals surface area contributed by atoms with Gasteiger partial charge >= 0.3 is 0 Å². The average Bonchev–Trinajstić information content (AvgIpc) is 2.89. The Labute approximate surface area is 166 Å². The van der Waals surface area contributed by atoms with E-state index in [1.165, 1.54) is 0 Å². The van der Waals surface area contributed by atoms with Gasteiger partial charge in [-0.15, -0.1) is 0 Å². The van der Waals surface area contributed by atoms with Crippen molar-refractivity contribution < 1.29 is 13.2 Å². The van der Waals surface area contributed by atoms with Gasteiger partial charge in [0.05, 0.1) is 5.56 Å². The fraction of sp³-hybridized carbons (Fsp3) is 0.500. The molecule has 1 fully saturated rings. The molecular weight excluding hydrogens is 376 g/mol. The second-order valence-corrected chi connectivity index (χ2v) is 9.03. The molecule has 0 atom stereocenters. The Morgan fingerprint density at radius 1 is 1.14 bits per heavy atom. The van der Waals surface area contributed by atoms with Gasteiger partial charge in [-0.25, -0.2) is 13.1 Å². The van der Waals surface area contributed by atoms with Crippen LogP contribution < -0.4 is 4.72 Å². The van der Waals surface area contributed by atoms with Gasteiger partial charge in [-0.2, -0.15) is 0 Å². The van der Waals surface area contributed by atoms with Crippen LogP contribution in [0.3, 0.4) is 0 Å². The molecule has 1 amide bonds. The molecule has 152 valence electrons. The van der Waals surface area contributed by atoms with Crippen molar-refractivity contribution in [2.75, 3.05) is 13.1 Å². The van der Waals surface area contributed by atoms with E-state index in [0.717, 1.165) is 31.2 Å². The lowest BCUT2D eigenvalue weighted by atomic mass is 10.2. The number of amides is 1. The summed E-state index contributed by atoms with van der Waals surface area (Å²) in [4.78, 5) is 19.2. The van der Waals surface area contributed by atoms with Crippen LogP contribution in [0.4, 0.5) is 0 Å². The normalized spacial score (nSPS) is 15.5. The lowest BCUT2D eigenvalue weighted by molar-refractivity contribution is 0.0757. The molecule has 2 aromatic rings. The Bertz CT molecular complexity index is 944. The predicted molar refractivity (Wildman–Crippen MR) is 108 cm³/mol. The smallest absolute Gasteiger partial charge is 0.257 e. The molecule has 2 aromatic heterocycles. The second-order valence-electron chi connectivity index (χ2n) is 7.33. The summed E-state index contributed by atoms with van der Waals surface area (Å²) in [6.07, 6.45) is 7.38. The molecule has 1 N–H and O–H groups in total. The Morgan fingerprint density at radius 2 is 1.82 bits per heavy atom. The fourth-order valence-electron chi connectivity index (χ4n) is 3.68. The van der Waals surface area contributed by atoms with Crippen LogP contribution in [0.5, 0.6) is 0 Å². The van der Waals surface area contributed by atoms with Gasteiger partial charge in [-0.05, 0) is 38.3 Å². The molecule has 0 saturated carbocycles. The maximum absolute atomic E-state index is 13.3. The van der Waals surface area contributed by atoms with Crippen molar-refractivity contribution in [2.24, 2.45) is 7.05 Å². The Kier molecular flexibility index (Phi) is 6.20. The first-order valence-corrected chi connectivity index (χ1v) is 11.1. The molecule has 1 aliphatic heterocycles. The third-order valence-corrected chi connectivity index (χ3v) is 7.05. The highest BCUT2D eigenvalue weighted by molar-refractivity contribution is 7.89. The first-order valence-electron chi connectivity index (χ1n) is 9.66. The molecule has 28 heavy (non-hydrogen) atoms. The maximum atomic E-state index is 13.3. The van der Waals surface area contributed by atoms with E-state index in [1.807, 2.05) is 6.07 Å². The number of carbonyl (C=O) groups excluding carboxylic acids is 1. The number of pyridine rings is 1. The third-order valence-electron chi connectivity index (χ3n) is 5.49. The van der Waals surface area contributed by atoms with Gasteiger partial charge in [-0.1, -0.05) is 18.9 Å². The zero-order chi connectivity index (χ0) is 20.3. The summed E-state index contributed by atoms with van der Waals surface area (Å²) in [6.45, 7) is 5.02. The highest BCUT2D eigenvalue weighted by atomic mass is 32.2. The number of carbonyl (C=O) groups is 1. The zero-order valence-corrected chi connectivity index (χ0v) is 17.6. The van der Waals surface area contributed by atoms with Crippen molar-refractivity contribution in [1.29, 1.82) is 0 Å². The second kappa shape index (κ2) is 8.45. The summed E-state index contributed by atoms with van der Waals surface area (Å²) >= 11 is 0. The minimum Gasteiger partial charge on any atom is -0.350 e. The van der Waals surface area contributed by atoms with Gasteiger partial charge in [0, 0.05) is 50.5 Å². The highest BCUT2D eigenvalue weighted by Gasteiger charge is 2.32. The molecule has 3 rings (SSSR count). The summed E-state index contributed by atoms with van der Waals surface area (Å²) in [5, 5.41) is 0. The van der Waals surface area contributed by atoms with Crippen molar-refractivity contribution in [3.05, 3.63) is 47.0 Å². The molecule has 8 heteroatoms. The number of nitrogens with one attached hydrogen (secondary N) is 1. The Hall–Kier alpha value is -2.19. The lowest BCUT2D eigenvalue weighted by Gasteiger charge is -2.21. The van der Waals surface area contributed by atoms with Crippen molar-refractivity contribution in [3.8, 4) is 0 Å². The van der Waals surface area contributed by atoms with Crippen LogP contribution in [0.25, 0.3) is 0 Å². The number of aromatic nitrogens is 2. The monoisotopic (exact) mass is 404 g/mol. The summed E-state index contributed by atoms with van der Waals surface area (Å²) in [5.74, 6) is -0.190. The van der Waals surface area contributed by atoms with Crippen LogP contribution in [0.15, 0.2) is 29.4 Å². The quantitative estimate of drug-likeness (QED) is 0.830. The number of sulfonamides is 1. The molecule has 0 unspecified atom stereocenters. The standard InChI is InChI=1S/C20H28N4O3S/c1-15-18(20(25)24-11-6-4-5-7-12-24)19(16(2)23(15)3)28(26,27)22-14-17-9-8-10-21-13-17/h8-10,13,22H,4-7,11-12,14H2,1-3H3. The van der Waals surface area contributed by atoms with E-state index in [1.54, 1.807) is 48.8 Å². The number of hydrogen-bond acceptors (Lipinski definition) is 4. The number of hydrogen-bond donors (Lipinski definition) is 1. The first-order chi connectivity index (χ1) is 13.3. The Balaban J connectivity index is 1.95. The minimum atomic E-state index is -3.86. The van der Waals surface area contributed by atoms with Crippen LogP contribution in [0.1, 0.15) is 53.0 Å². The molecule has 7 nitrogen and oxygen atoms in total. The third kappa shape index (κ3) is 4.12. The maximum Gasteiger partial charge on any atom is 0.257 e. The summed E-state index contributed by atoms with van der Waals surface area (Å²) in [6, 6.07) is 3.57. The lowest BCUT2D eigenvalue weighted by Crippen LogP contribution is -2.34. The van der Waals surface area contributed by atoms with Crippen LogP contribution in [0, 0.1) is 13.8 Å². The van der Waals surface area contributed by atoms with Gasteiger partial charge in [0.2, 0.25) is 10.0 Å². The predicted octanol–water partition coefficient (Wildman–Crippen LogP) is 2.53. The van der Waals surface area contributed by atoms with Crippen molar-refractivity contribution in [1.82, 2.24) is 19.2 Å². The topological polar surface area (TPSA) is 84.3 Å². The first kappa shape index (κ1) is 20.5.